The summed E-state index contributed by atoms with van der Waals surface area (Å²) < 4.78 is 1.17. The lowest BCUT2D eigenvalue weighted by molar-refractivity contribution is 0.319. The predicted octanol–water partition coefficient (Wildman–Crippen LogP) is 2.82. The summed E-state index contributed by atoms with van der Waals surface area (Å²) in [6.45, 7) is 1.80. The fourth-order valence-electron chi connectivity index (χ4n) is 1.71. The maximum Gasteiger partial charge on any atom is 0.139 e. The van der Waals surface area contributed by atoms with Crippen LogP contribution in [0.25, 0.3) is 0 Å². The van der Waals surface area contributed by atoms with Crippen molar-refractivity contribution < 1.29 is 0 Å². The molecule has 96 valence electrons. The van der Waals surface area contributed by atoms with E-state index < -0.39 is 0 Å². The van der Waals surface area contributed by atoms with Crippen LogP contribution in [-0.4, -0.2) is 16.9 Å². The van der Waals surface area contributed by atoms with Crippen molar-refractivity contribution in [3.63, 3.8) is 0 Å². The molecule has 0 atom stereocenters. The minimum absolute atomic E-state index is 0.683. The van der Waals surface area contributed by atoms with E-state index in [9.17, 15) is 0 Å². The largest absolute Gasteiger partial charge is 0.308 e. The smallest absolute Gasteiger partial charge is 0.139 e. The summed E-state index contributed by atoms with van der Waals surface area (Å²) in [6.07, 6.45) is 1.84. The second-order valence-electron chi connectivity index (χ2n) is 4.13. The number of pyridine rings is 1. The molecule has 0 radical (unpaired) electrons. The Bertz CT molecular complexity index is 497. The molecule has 0 aliphatic rings. The van der Waals surface area contributed by atoms with Crippen LogP contribution in [0.3, 0.4) is 0 Å². The third-order valence-electron chi connectivity index (χ3n) is 2.50. The first kappa shape index (κ1) is 13.5. The Morgan fingerprint density at radius 1 is 1.39 bits per heavy atom. The number of hydrogen-bond acceptors (Lipinski definition) is 5. The van der Waals surface area contributed by atoms with Crippen LogP contribution in [0.15, 0.2) is 33.6 Å². The Morgan fingerprint density at radius 2 is 2.17 bits per heavy atom. The standard InChI is InChI=1S/C12H15BrN4S/c1-17(7-10-4-11(13)18-8-10)6-9-2-3-12(16-14)15-5-9/h2-5,8H,6-7,14H2,1H3,(H,15,16). The number of nitrogens with two attached hydrogens (primary N) is 1. The number of nitrogens with zero attached hydrogens (tertiary/aromatic N) is 2. The van der Waals surface area contributed by atoms with Crippen molar-refractivity contribution in [1.82, 2.24) is 9.88 Å². The van der Waals surface area contributed by atoms with Gasteiger partial charge < -0.3 is 5.43 Å². The Hall–Kier alpha value is -0.950. The monoisotopic (exact) mass is 326 g/mol. The van der Waals surface area contributed by atoms with E-state index in [1.807, 2.05) is 18.3 Å². The first-order valence-electron chi connectivity index (χ1n) is 5.50. The van der Waals surface area contributed by atoms with E-state index >= 15 is 0 Å². The molecule has 0 spiro atoms. The van der Waals surface area contributed by atoms with Crippen molar-refractivity contribution in [3.8, 4) is 0 Å². The number of thiophene rings is 1. The summed E-state index contributed by atoms with van der Waals surface area (Å²) in [5, 5.41) is 2.17. The van der Waals surface area contributed by atoms with Crippen LogP contribution in [0.2, 0.25) is 0 Å². The Labute approximate surface area is 119 Å². The lowest BCUT2D eigenvalue weighted by Crippen LogP contribution is -2.17. The molecule has 18 heavy (non-hydrogen) atoms. The van der Waals surface area contributed by atoms with E-state index in [0.717, 1.165) is 13.1 Å². The molecule has 3 N–H and O–H groups in total. The average molecular weight is 327 g/mol. The van der Waals surface area contributed by atoms with Gasteiger partial charge in [-0.05, 0) is 51.6 Å². The fourth-order valence-corrected chi connectivity index (χ4v) is 2.91. The molecule has 4 nitrogen and oxygen atoms in total. The molecule has 2 aromatic rings. The zero-order chi connectivity index (χ0) is 13.0. The van der Waals surface area contributed by atoms with Gasteiger partial charge in [0.05, 0.1) is 3.79 Å². The van der Waals surface area contributed by atoms with Gasteiger partial charge in [-0.3, -0.25) is 4.90 Å². The summed E-state index contributed by atoms with van der Waals surface area (Å²) in [4.78, 5) is 6.44. The van der Waals surface area contributed by atoms with E-state index in [0.29, 0.717) is 5.82 Å². The summed E-state index contributed by atoms with van der Waals surface area (Å²) in [7, 11) is 2.10. The van der Waals surface area contributed by atoms with Crippen LogP contribution < -0.4 is 11.3 Å². The molecular formula is C12H15BrN4S. The van der Waals surface area contributed by atoms with Crippen molar-refractivity contribution in [2.75, 3.05) is 12.5 Å². The topological polar surface area (TPSA) is 54.2 Å². The number of nitrogen functional groups attached to an aromatic ring is 1. The first-order chi connectivity index (χ1) is 8.67. The Balaban J connectivity index is 1.91. The highest BCUT2D eigenvalue weighted by atomic mass is 79.9. The number of halogens is 1. The van der Waals surface area contributed by atoms with Crippen LogP contribution >= 0.6 is 27.3 Å². The first-order valence-corrected chi connectivity index (χ1v) is 7.17. The average Bonchev–Trinajstić information content (AvgIpc) is 2.75. The third-order valence-corrected chi connectivity index (χ3v) is 4.05. The van der Waals surface area contributed by atoms with Crippen LogP contribution in [0.5, 0.6) is 0 Å². The van der Waals surface area contributed by atoms with Crippen molar-refractivity contribution in [2.45, 2.75) is 13.1 Å². The quantitative estimate of drug-likeness (QED) is 0.655. The maximum atomic E-state index is 5.28. The number of aromatic nitrogens is 1. The summed E-state index contributed by atoms with van der Waals surface area (Å²) in [6, 6.07) is 6.06. The fraction of sp³-hybridized carbons (Fsp3) is 0.250. The normalized spacial score (nSPS) is 10.9. The molecule has 0 fully saturated rings. The van der Waals surface area contributed by atoms with Gasteiger partial charge in [-0.15, -0.1) is 11.3 Å². The minimum atomic E-state index is 0.683. The van der Waals surface area contributed by atoms with Gasteiger partial charge in [0.2, 0.25) is 0 Å². The molecule has 0 unspecified atom stereocenters. The molecule has 0 aliphatic carbocycles. The third kappa shape index (κ3) is 3.78. The van der Waals surface area contributed by atoms with Crippen molar-refractivity contribution in [1.29, 1.82) is 0 Å². The maximum absolute atomic E-state index is 5.28. The van der Waals surface area contributed by atoms with Gasteiger partial charge >= 0.3 is 0 Å². The second kappa shape index (κ2) is 6.29. The van der Waals surface area contributed by atoms with Crippen molar-refractivity contribution in [2.24, 2.45) is 5.84 Å². The lowest BCUT2D eigenvalue weighted by Gasteiger charge is -2.15. The van der Waals surface area contributed by atoms with Crippen molar-refractivity contribution in [3.05, 3.63) is 44.7 Å². The van der Waals surface area contributed by atoms with Crippen LogP contribution in [0.4, 0.5) is 5.82 Å². The van der Waals surface area contributed by atoms with E-state index in [1.54, 1.807) is 11.3 Å². The molecule has 0 amide bonds. The molecule has 0 aromatic carbocycles. The van der Waals surface area contributed by atoms with Crippen LogP contribution in [-0.2, 0) is 13.1 Å². The Kier molecular flexibility index (Phi) is 4.71. The molecule has 0 saturated carbocycles. The highest BCUT2D eigenvalue weighted by Gasteiger charge is 2.04. The van der Waals surface area contributed by atoms with Gasteiger partial charge in [0.25, 0.3) is 0 Å². The number of nitrogens with one attached hydrogen (secondary N) is 1. The van der Waals surface area contributed by atoms with Gasteiger partial charge in [0, 0.05) is 19.3 Å². The molecule has 0 aliphatic heterocycles. The highest BCUT2D eigenvalue weighted by Crippen LogP contribution is 2.21. The molecule has 2 heterocycles. The van der Waals surface area contributed by atoms with Gasteiger partial charge in [0.1, 0.15) is 5.82 Å². The Morgan fingerprint density at radius 3 is 2.72 bits per heavy atom. The van der Waals surface area contributed by atoms with Gasteiger partial charge in [0.15, 0.2) is 0 Å². The number of hydrazine groups is 1. The van der Waals surface area contributed by atoms with Gasteiger partial charge in [-0.1, -0.05) is 6.07 Å². The van der Waals surface area contributed by atoms with Crippen LogP contribution in [0, 0.1) is 0 Å². The molecule has 0 bridgehead atoms. The number of rotatable bonds is 5. The molecule has 2 rings (SSSR count). The minimum Gasteiger partial charge on any atom is -0.308 e. The molecule has 6 heteroatoms. The van der Waals surface area contributed by atoms with Crippen LogP contribution in [0.1, 0.15) is 11.1 Å². The van der Waals surface area contributed by atoms with E-state index in [1.165, 1.54) is 14.9 Å². The zero-order valence-electron chi connectivity index (χ0n) is 10.1. The number of anilines is 1. The van der Waals surface area contributed by atoms with Gasteiger partial charge in [-0.25, -0.2) is 10.8 Å². The van der Waals surface area contributed by atoms with Gasteiger partial charge in [-0.2, -0.15) is 0 Å². The zero-order valence-corrected chi connectivity index (χ0v) is 12.5. The SMILES string of the molecule is CN(Cc1ccc(NN)nc1)Cc1csc(Br)c1. The molecular weight excluding hydrogens is 312 g/mol. The summed E-state index contributed by atoms with van der Waals surface area (Å²) in [5.74, 6) is 5.96. The lowest BCUT2D eigenvalue weighted by atomic mass is 10.2. The highest BCUT2D eigenvalue weighted by molar-refractivity contribution is 9.11. The summed E-state index contributed by atoms with van der Waals surface area (Å²) >= 11 is 5.19. The predicted molar refractivity (Wildman–Crippen MR) is 79.2 cm³/mol. The van der Waals surface area contributed by atoms with E-state index in [4.69, 9.17) is 5.84 Å². The number of hydrogen-bond donors (Lipinski definition) is 2. The van der Waals surface area contributed by atoms with Crippen molar-refractivity contribution >= 4 is 33.1 Å². The molecule has 0 saturated heterocycles. The van der Waals surface area contributed by atoms with E-state index in [-0.39, 0.29) is 0 Å². The second-order valence-corrected chi connectivity index (χ2v) is 6.42. The summed E-state index contributed by atoms with van der Waals surface area (Å²) in [5.41, 5.74) is 5.02. The van der Waals surface area contributed by atoms with E-state index in [2.05, 4.69) is 49.7 Å². The molecule has 2 aromatic heterocycles.